The van der Waals surface area contributed by atoms with Crippen molar-refractivity contribution in [3.63, 3.8) is 0 Å². The second-order valence-electron chi connectivity index (χ2n) is 5.62. The van der Waals surface area contributed by atoms with E-state index in [9.17, 15) is 13.2 Å². The van der Waals surface area contributed by atoms with Crippen molar-refractivity contribution in [3.8, 4) is 0 Å². The average Bonchev–Trinajstić information content (AvgIpc) is 2.83. The number of Topliss-reactive ketones (excluding diaryl/α,β-unsaturated/α-hetero) is 1. The van der Waals surface area contributed by atoms with E-state index in [1.165, 1.54) is 17.4 Å². The predicted octanol–water partition coefficient (Wildman–Crippen LogP) is 1.42. The Hall–Kier alpha value is -1.83. The van der Waals surface area contributed by atoms with Gasteiger partial charge in [-0.25, -0.2) is 13.4 Å². The van der Waals surface area contributed by atoms with Crippen LogP contribution in [0.4, 0.5) is 0 Å². The maximum Gasteiger partial charge on any atom is 0.261 e. The SMILES string of the molecule is CC(=O)c1ccc2ccnc(S(=O)(=O)N3CCCNCC3)c2c1. The molecule has 1 saturated heterocycles. The molecule has 1 aromatic heterocycles. The number of hydrogen-bond acceptors (Lipinski definition) is 5. The standard InChI is InChI=1S/C16H19N3O3S/c1-12(20)14-4-3-13-5-7-18-16(15(13)11-14)23(21,22)19-9-2-6-17-8-10-19/h3-5,7,11,17H,2,6,8-10H2,1H3. The third-order valence-corrected chi connectivity index (χ3v) is 5.88. The molecule has 2 heterocycles. The van der Waals surface area contributed by atoms with Crippen LogP contribution in [0.25, 0.3) is 10.8 Å². The number of carbonyl (C=O) groups is 1. The lowest BCUT2D eigenvalue weighted by atomic mass is 10.1. The highest BCUT2D eigenvalue weighted by atomic mass is 32.2. The van der Waals surface area contributed by atoms with Gasteiger partial charge >= 0.3 is 0 Å². The van der Waals surface area contributed by atoms with Crippen molar-refractivity contribution in [3.05, 3.63) is 36.0 Å². The first-order valence-electron chi connectivity index (χ1n) is 7.61. The maximum atomic E-state index is 13.0. The van der Waals surface area contributed by atoms with E-state index < -0.39 is 10.0 Å². The predicted molar refractivity (Wildman–Crippen MR) is 88.0 cm³/mol. The van der Waals surface area contributed by atoms with Gasteiger partial charge in [-0.05, 0) is 37.4 Å². The Morgan fingerprint density at radius 3 is 2.83 bits per heavy atom. The van der Waals surface area contributed by atoms with Crippen LogP contribution >= 0.6 is 0 Å². The minimum absolute atomic E-state index is 0.0278. The van der Waals surface area contributed by atoms with Crippen LogP contribution in [0.5, 0.6) is 0 Å². The smallest absolute Gasteiger partial charge is 0.261 e. The van der Waals surface area contributed by atoms with Crippen LogP contribution < -0.4 is 5.32 Å². The first kappa shape index (κ1) is 16.0. The largest absolute Gasteiger partial charge is 0.315 e. The van der Waals surface area contributed by atoms with Crippen molar-refractivity contribution < 1.29 is 13.2 Å². The van der Waals surface area contributed by atoms with E-state index in [0.29, 0.717) is 30.6 Å². The topological polar surface area (TPSA) is 79.4 Å². The average molecular weight is 333 g/mol. The van der Waals surface area contributed by atoms with Gasteiger partial charge in [-0.2, -0.15) is 4.31 Å². The molecule has 0 unspecified atom stereocenters. The van der Waals surface area contributed by atoms with E-state index in [-0.39, 0.29) is 10.8 Å². The number of nitrogens with one attached hydrogen (secondary N) is 1. The number of ketones is 1. The van der Waals surface area contributed by atoms with Crippen LogP contribution in [0.1, 0.15) is 23.7 Å². The van der Waals surface area contributed by atoms with Crippen LogP contribution in [0.15, 0.2) is 35.5 Å². The number of pyridine rings is 1. The van der Waals surface area contributed by atoms with Gasteiger partial charge < -0.3 is 5.32 Å². The van der Waals surface area contributed by atoms with Gasteiger partial charge in [0.2, 0.25) is 0 Å². The van der Waals surface area contributed by atoms with Crippen LogP contribution in [-0.4, -0.2) is 49.7 Å². The number of benzene rings is 1. The minimum Gasteiger partial charge on any atom is -0.315 e. The molecule has 1 N–H and O–H groups in total. The van der Waals surface area contributed by atoms with E-state index in [1.807, 2.05) is 0 Å². The molecule has 6 nitrogen and oxygen atoms in total. The second kappa shape index (κ2) is 6.35. The van der Waals surface area contributed by atoms with Gasteiger partial charge in [0.05, 0.1) is 0 Å². The van der Waals surface area contributed by atoms with Crippen LogP contribution in [0, 0.1) is 0 Å². The molecule has 2 aromatic rings. The number of fused-ring (bicyclic) bond motifs is 1. The third-order valence-electron chi connectivity index (χ3n) is 4.02. The molecule has 1 aliphatic heterocycles. The number of nitrogens with zero attached hydrogens (tertiary/aromatic N) is 2. The fourth-order valence-corrected chi connectivity index (χ4v) is 4.34. The fraction of sp³-hybridized carbons (Fsp3) is 0.375. The summed E-state index contributed by atoms with van der Waals surface area (Å²) in [5.41, 5.74) is 0.486. The molecule has 7 heteroatoms. The molecule has 23 heavy (non-hydrogen) atoms. The van der Waals surface area contributed by atoms with Gasteiger partial charge in [0.15, 0.2) is 10.8 Å². The lowest BCUT2D eigenvalue weighted by molar-refractivity contribution is 0.101. The highest BCUT2D eigenvalue weighted by Crippen LogP contribution is 2.25. The van der Waals surface area contributed by atoms with Crippen LogP contribution in [-0.2, 0) is 10.0 Å². The molecule has 1 fully saturated rings. The van der Waals surface area contributed by atoms with Crippen molar-refractivity contribution in [1.29, 1.82) is 0 Å². The molecule has 122 valence electrons. The molecule has 0 atom stereocenters. The molecule has 0 spiro atoms. The normalized spacial score (nSPS) is 17.1. The van der Waals surface area contributed by atoms with Crippen molar-refractivity contribution in [1.82, 2.24) is 14.6 Å². The molecule has 1 aliphatic rings. The van der Waals surface area contributed by atoms with E-state index >= 15 is 0 Å². The summed E-state index contributed by atoms with van der Waals surface area (Å²) in [6, 6.07) is 6.84. The zero-order valence-electron chi connectivity index (χ0n) is 12.9. The van der Waals surface area contributed by atoms with Gasteiger partial charge in [0.25, 0.3) is 10.0 Å². The van der Waals surface area contributed by atoms with Crippen LogP contribution in [0.3, 0.4) is 0 Å². The van der Waals surface area contributed by atoms with Gasteiger partial charge in [-0.15, -0.1) is 0 Å². The third kappa shape index (κ3) is 3.12. The highest BCUT2D eigenvalue weighted by molar-refractivity contribution is 7.89. The molecular weight excluding hydrogens is 314 g/mol. The van der Waals surface area contributed by atoms with Gasteiger partial charge in [0.1, 0.15) is 0 Å². The quantitative estimate of drug-likeness (QED) is 0.860. The number of carbonyl (C=O) groups excluding carboxylic acids is 1. The molecule has 0 aliphatic carbocycles. The zero-order chi connectivity index (χ0) is 16.4. The molecule has 0 saturated carbocycles. The molecule has 0 radical (unpaired) electrons. The first-order valence-corrected chi connectivity index (χ1v) is 9.05. The second-order valence-corrected chi connectivity index (χ2v) is 7.47. The van der Waals surface area contributed by atoms with Crippen molar-refractivity contribution in [2.75, 3.05) is 26.2 Å². The molecule has 0 amide bonds. The van der Waals surface area contributed by atoms with Crippen LogP contribution in [0.2, 0.25) is 0 Å². The number of sulfonamides is 1. The summed E-state index contributed by atoms with van der Waals surface area (Å²) in [7, 11) is -3.68. The lowest BCUT2D eigenvalue weighted by Crippen LogP contribution is -2.34. The Labute approximate surface area is 135 Å². The molecule has 0 bridgehead atoms. The number of hydrogen-bond donors (Lipinski definition) is 1. The Morgan fingerprint density at radius 2 is 2.04 bits per heavy atom. The molecule has 3 rings (SSSR count). The van der Waals surface area contributed by atoms with Crippen molar-refractivity contribution >= 4 is 26.6 Å². The van der Waals surface area contributed by atoms with E-state index in [4.69, 9.17) is 0 Å². The minimum atomic E-state index is -3.68. The highest BCUT2D eigenvalue weighted by Gasteiger charge is 2.28. The lowest BCUT2D eigenvalue weighted by Gasteiger charge is -2.20. The van der Waals surface area contributed by atoms with E-state index in [2.05, 4.69) is 10.3 Å². The summed E-state index contributed by atoms with van der Waals surface area (Å²) in [5, 5.41) is 4.48. The monoisotopic (exact) mass is 333 g/mol. The van der Waals surface area contributed by atoms with Crippen molar-refractivity contribution in [2.24, 2.45) is 0 Å². The summed E-state index contributed by atoms with van der Waals surface area (Å²) in [6.45, 7) is 3.80. The summed E-state index contributed by atoms with van der Waals surface area (Å²) in [5.74, 6) is -0.0990. The Bertz CT molecular complexity index is 841. The summed E-state index contributed by atoms with van der Waals surface area (Å²) >= 11 is 0. The Morgan fingerprint density at radius 1 is 1.22 bits per heavy atom. The number of rotatable bonds is 3. The Balaban J connectivity index is 2.14. The summed E-state index contributed by atoms with van der Waals surface area (Å²) in [4.78, 5) is 15.7. The van der Waals surface area contributed by atoms with Gasteiger partial charge in [-0.1, -0.05) is 12.1 Å². The van der Waals surface area contributed by atoms with Gasteiger partial charge in [0, 0.05) is 36.8 Å². The fourth-order valence-electron chi connectivity index (χ4n) is 2.75. The number of aromatic nitrogens is 1. The summed E-state index contributed by atoms with van der Waals surface area (Å²) < 4.78 is 27.4. The van der Waals surface area contributed by atoms with Crippen molar-refractivity contribution in [2.45, 2.75) is 18.4 Å². The Kier molecular flexibility index (Phi) is 4.43. The van der Waals surface area contributed by atoms with Gasteiger partial charge in [-0.3, -0.25) is 4.79 Å². The summed E-state index contributed by atoms with van der Waals surface area (Å²) in [6.07, 6.45) is 2.27. The molecule has 1 aromatic carbocycles. The van der Waals surface area contributed by atoms with E-state index in [0.717, 1.165) is 18.4 Å². The molecular formula is C16H19N3O3S. The zero-order valence-corrected chi connectivity index (χ0v) is 13.8. The first-order chi connectivity index (χ1) is 11.0. The maximum absolute atomic E-state index is 13.0. The van der Waals surface area contributed by atoms with E-state index in [1.54, 1.807) is 24.3 Å².